The maximum Gasteiger partial charge on any atom is 0.454 e. The van der Waals surface area contributed by atoms with Gasteiger partial charge >= 0.3 is 6.18 Å². The predicted molar refractivity (Wildman–Crippen MR) is 55.0 cm³/mol. The summed E-state index contributed by atoms with van der Waals surface area (Å²) in [6.07, 6.45) is -3.37. The van der Waals surface area contributed by atoms with Gasteiger partial charge in [0.25, 0.3) is 5.78 Å². The van der Waals surface area contributed by atoms with Crippen molar-refractivity contribution in [3.63, 3.8) is 0 Å². The van der Waals surface area contributed by atoms with E-state index < -0.39 is 12.0 Å². The Morgan fingerprint density at radius 1 is 1.31 bits per heavy atom. The molecule has 0 radical (unpaired) electrons. The lowest BCUT2D eigenvalue weighted by molar-refractivity contribution is -0.165. The van der Waals surface area contributed by atoms with Crippen LogP contribution in [0.1, 0.15) is 5.56 Å². The number of ketones is 1. The largest absolute Gasteiger partial charge is 0.454 e. The number of halogens is 3. The van der Waals surface area contributed by atoms with Crippen molar-refractivity contribution in [3.05, 3.63) is 42.1 Å². The first-order chi connectivity index (χ1) is 7.41. The number of rotatable bonds is 3. The number of aryl methyl sites for hydroxylation is 1. The molecule has 0 spiro atoms. The van der Waals surface area contributed by atoms with E-state index in [1.807, 2.05) is 19.1 Å². The highest BCUT2D eigenvalue weighted by molar-refractivity contribution is 5.94. The second-order valence-corrected chi connectivity index (χ2v) is 3.15. The Bertz CT molecular complexity index is 410. The van der Waals surface area contributed by atoms with Crippen LogP contribution in [0.4, 0.5) is 18.9 Å². The number of hydrogen-bond donors (Lipinski definition) is 1. The summed E-state index contributed by atoms with van der Waals surface area (Å²) < 4.78 is 35.5. The van der Waals surface area contributed by atoms with Crippen LogP contribution in [0.15, 0.2) is 36.5 Å². The van der Waals surface area contributed by atoms with Crippen LogP contribution in [-0.4, -0.2) is 12.0 Å². The molecule has 16 heavy (non-hydrogen) atoms. The highest BCUT2D eigenvalue weighted by atomic mass is 19.4. The summed E-state index contributed by atoms with van der Waals surface area (Å²) in [6.45, 7) is 1.81. The van der Waals surface area contributed by atoms with Gasteiger partial charge in [-0.15, -0.1) is 0 Å². The minimum atomic E-state index is -4.82. The molecule has 0 aromatic heterocycles. The number of benzene rings is 1. The number of carbonyl (C=O) groups is 1. The molecule has 2 nitrogen and oxygen atoms in total. The lowest BCUT2D eigenvalue weighted by Gasteiger charge is -2.04. The van der Waals surface area contributed by atoms with Crippen molar-refractivity contribution in [2.75, 3.05) is 5.32 Å². The van der Waals surface area contributed by atoms with E-state index in [1.54, 1.807) is 12.1 Å². The topological polar surface area (TPSA) is 29.1 Å². The summed E-state index contributed by atoms with van der Waals surface area (Å²) in [7, 11) is 0. The van der Waals surface area contributed by atoms with E-state index in [0.29, 0.717) is 11.8 Å². The van der Waals surface area contributed by atoms with Crippen molar-refractivity contribution in [1.29, 1.82) is 0 Å². The van der Waals surface area contributed by atoms with E-state index in [9.17, 15) is 18.0 Å². The Hall–Kier alpha value is -1.78. The molecule has 1 aromatic carbocycles. The second kappa shape index (κ2) is 4.83. The monoisotopic (exact) mass is 229 g/mol. The molecule has 0 fully saturated rings. The standard InChI is InChI=1S/C11H10F3NO/c1-8-4-2-3-5-9(8)15-7-6-10(16)11(12,13)14/h2-7,15H,1H3/b7-6+. The van der Waals surface area contributed by atoms with Crippen molar-refractivity contribution in [2.24, 2.45) is 0 Å². The molecule has 5 heteroatoms. The van der Waals surface area contributed by atoms with Gasteiger partial charge in [0.05, 0.1) is 0 Å². The number of allylic oxidation sites excluding steroid dienone is 1. The third-order valence-electron chi connectivity index (χ3n) is 1.90. The van der Waals surface area contributed by atoms with Crippen LogP contribution < -0.4 is 5.32 Å². The fraction of sp³-hybridized carbons (Fsp3) is 0.182. The first-order valence-electron chi connectivity index (χ1n) is 4.51. The molecule has 1 aromatic rings. The predicted octanol–water partition coefficient (Wildman–Crippen LogP) is 3.05. The molecule has 1 rings (SSSR count). The van der Waals surface area contributed by atoms with E-state index in [-0.39, 0.29) is 0 Å². The Morgan fingerprint density at radius 2 is 1.94 bits per heavy atom. The fourth-order valence-corrected chi connectivity index (χ4v) is 1.04. The van der Waals surface area contributed by atoms with Gasteiger partial charge in [0.1, 0.15) is 0 Å². The Balaban J connectivity index is 2.62. The van der Waals surface area contributed by atoms with Gasteiger partial charge in [-0.2, -0.15) is 13.2 Å². The first-order valence-corrected chi connectivity index (χ1v) is 4.51. The first kappa shape index (κ1) is 12.3. The minimum Gasteiger partial charge on any atom is -0.361 e. The smallest absolute Gasteiger partial charge is 0.361 e. The quantitative estimate of drug-likeness (QED) is 0.807. The maximum atomic E-state index is 11.8. The van der Waals surface area contributed by atoms with Crippen LogP contribution in [0.25, 0.3) is 0 Å². The van der Waals surface area contributed by atoms with Crippen molar-refractivity contribution in [1.82, 2.24) is 0 Å². The molecule has 0 aliphatic carbocycles. The van der Waals surface area contributed by atoms with Crippen molar-refractivity contribution < 1.29 is 18.0 Å². The van der Waals surface area contributed by atoms with Crippen molar-refractivity contribution in [3.8, 4) is 0 Å². The molecule has 0 saturated heterocycles. The third kappa shape index (κ3) is 3.42. The van der Waals surface area contributed by atoms with Crippen LogP contribution in [0.2, 0.25) is 0 Å². The summed E-state index contributed by atoms with van der Waals surface area (Å²) in [6, 6.07) is 7.07. The lowest BCUT2D eigenvalue weighted by atomic mass is 10.2. The second-order valence-electron chi connectivity index (χ2n) is 3.15. The number of carbonyl (C=O) groups excluding carboxylic acids is 1. The van der Waals surface area contributed by atoms with Crippen LogP contribution in [0.5, 0.6) is 0 Å². The van der Waals surface area contributed by atoms with Gasteiger partial charge in [0.2, 0.25) is 0 Å². The molecule has 0 atom stereocenters. The molecule has 0 saturated carbocycles. The summed E-state index contributed by atoms with van der Waals surface area (Å²) in [5.74, 6) is -1.88. The average molecular weight is 229 g/mol. The van der Waals surface area contributed by atoms with Crippen molar-refractivity contribution >= 4 is 11.5 Å². The summed E-state index contributed by atoms with van der Waals surface area (Å²) in [5.41, 5.74) is 1.54. The third-order valence-corrected chi connectivity index (χ3v) is 1.90. The molecule has 0 bridgehead atoms. The van der Waals surface area contributed by atoms with Crippen LogP contribution in [-0.2, 0) is 4.79 Å². The molecular weight excluding hydrogens is 219 g/mol. The van der Waals surface area contributed by atoms with Gasteiger partial charge < -0.3 is 5.32 Å². The van der Waals surface area contributed by atoms with E-state index in [0.717, 1.165) is 11.8 Å². The van der Waals surface area contributed by atoms with E-state index in [1.165, 1.54) is 0 Å². The van der Waals surface area contributed by atoms with E-state index in [4.69, 9.17) is 0 Å². The van der Waals surface area contributed by atoms with Gasteiger partial charge in [-0.1, -0.05) is 18.2 Å². The molecule has 0 amide bonds. The van der Waals surface area contributed by atoms with Crippen LogP contribution in [0.3, 0.4) is 0 Å². The molecule has 0 aliphatic rings. The molecule has 0 heterocycles. The zero-order chi connectivity index (χ0) is 12.2. The van der Waals surface area contributed by atoms with Crippen molar-refractivity contribution in [2.45, 2.75) is 13.1 Å². The number of anilines is 1. The van der Waals surface area contributed by atoms with Gasteiger partial charge in [0.15, 0.2) is 0 Å². The summed E-state index contributed by atoms with van der Waals surface area (Å²) in [4.78, 5) is 10.5. The molecular formula is C11H10F3NO. The molecule has 0 unspecified atom stereocenters. The Kier molecular flexibility index (Phi) is 3.71. The van der Waals surface area contributed by atoms with E-state index in [2.05, 4.69) is 5.32 Å². The lowest BCUT2D eigenvalue weighted by Crippen LogP contribution is -2.20. The molecule has 86 valence electrons. The minimum absolute atomic E-state index is 0.465. The zero-order valence-corrected chi connectivity index (χ0v) is 8.51. The zero-order valence-electron chi connectivity index (χ0n) is 8.51. The number of nitrogens with one attached hydrogen (secondary N) is 1. The highest BCUT2D eigenvalue weighted by Gasteiger charge is 2.35. The Morgan fingerprint density at radius 3 is 2.50 bits per heavy atom. The Labute approximate surface area is 90.8 Å². The molecule has 1 N–H and O–H groups in total. The maximum absolute atomic E-state index is 11.8. The highest BCUT2D eigenvalue weighted by Crippen LogP contribution is 2.17. The van der Waals surface area contributed by atoms with Gasteiger partial charge in [-0.25, -0.2) is 0 Å². The average Bonchev–Trinajstić information content (AvgIpc) is 2.19. The summed E-state index contributed by atoms with van der Waals surface area (Å²) in [5, 5.41) is 2.61. The van der Waals surface area contributed by atoms with Gasteiger partial charge in [-0.3, -0.25) is 4.79 Å². The molecule has 0 aliphatic heterocycles. The van der Waals surface area contributed by atoms with Gasteiger partial charge in [0, 0.05) is 18.0 Å². The fourth-order valence-electron chi connectivity index (χ4n) is 1.04. The van der Waals surface area contributed by atoms with Gasteiger partial charge in [-0.05, 0) is 18.6 Å². The summed E-state index contributed by atoms with van der Waals surface area (Å²) >= 11 is 0. The SMILES string of the molecule is Cc1ccccc1N/C=C/C(=O)C(F)(F)F. The number of hydrogen-bond acceptors (Lipinski definition) is 2. The normalized spacial score (nSPS) is 11.8. The number of para-hydroxylation sites is 1. The van der Waals surface area contributed by atoms with Crippen LogP contribution in [0, 0.1) is 6.92 Å². The number of alkyl halides is 3. The van der Waals surface area contributed by atoms with E-state index >= 15 is 0 Å². The van der Waals surface area contributed by atoms with Crippen LogP contribution >= 0.6 is 0 Å².